The predicted octanol–water partition coefficient (Wildman–Crippen LogP) is 3.10. The zero-order chi connectivity index (χ0) is 13.5. The van der Waals surface area contributed by atoms with Crippen LogP contribution in [0.3, 0.4) is 0 Å². The normalized spacial score (nSPS) is 27.3. The first-order chi connectivity index (χ1) is 8.70. The summed E-state index contributed by atoms with van der Waals surface area (Å²) in [6, 6.07) is 0. The topological polar surface area (TPSA) is 36.9 Å². The van der Waals surface area contributed by atoms with Crippen molar-refractivity contribution in [3.8, 4) is 0 Å². The van der Waals surface area contributed by atoms with Crippen molar-refractivity contribution in [3.63, 3.8) is 0 Å². The van der Waals surface area contributed by atoms with Crippen LogP contribution in [0.1, 0.15) is 53.4 Å². The molecule has 4 heteroatoms. The average Bonchev–Trinajstić information content (AvgIpc) is 2.34. The SMILES string of the molecule is CCCC1(OCC)CCCOC1(OCC)OCC. The van der Waals surface area contributed by atoms with Crippen LogP contribution in [0.25, 0.3) is 0 Å². The molecule has 1 unspecified atom stereocenters. The molecule has 0 spiro atoms. The maximum Gasteiger partial charge on any atom is 0.313 e. The number of ether oxygens (including phenoxy) is 4. The Bertz CT molecular complexity index is 183. The van der Waals surface area contributed by atoms with Gasteiger partial charge < -0.3 is 18.9 Å². The summed E-state index contributed by atoms with van der Waals surface area (Å²) in [5, 5.41) is 0. The van der Waals surface area contributed by atoms with Gasteiger partial charge in [-0.2, -0.15) is 0 Å². The zero-order valence-electron chi connectivity index (χ0n) is 12.3. The molecule has 0 bridgehead atoms. The summed E-state index contributed by atoms with van der Waals surface area (Å²) < 4.78 is 23.7. The van der Waals surface area contributed by atoms with Gasteiger partial charge in [-0.1, -0.05) is 13.3 Å². The smallest absolute Gasteiger partial charge is 0.313 e. The van der Waals surface area contributed by atoms with Crippen molar-refractivity contribution in [2.24, 2.45) is 0 Å². The van der Waals surface area contributed by atoms with Crippen LogP contribution in [-0.2, 0) is 18.9 Å². The van der Waals surface area contributed by atoms with E-state index in [1.807, 2.05) is 20.8 Å². The second-order valence-corrected chi connectivity index (χ2v) is 4.55. The van der Waals surface area contributed by atoms with Crippen LogP contribution in [-0.4, -0.2) is 38.0 Å². The molecule has 0 saturated carbocycles. The summed E-state index contributed by atoms with van der Waals surface area (Å²) in [7, 11) is 0. The molecule has 0 radical (unpaired) electrons. The molecule has 1 aliphatic heterocycles. The quantitative estimate of drug-likeness (QED) is 0.628. The van der Waals surface area contributed by atoms with E-state index in [-0.39, 0.29) is 0 Å². The van der Waals surface area contributed by atoms with Crippen LogP contribution in [0.2, 0.25) is 0 Å². The Morgan fingerprint density at radius 1 is 0.944 bits per heavy atom. The van der Waals surface area contributed by atoms with Crippen molar-refractivity contribution in [2.75, 3.05) is 26.4 Å². The highest BCUT2D eigenvalue weighted by Gasteiger charge is 2.57. The van der Waals surface area contributed by atoms with Crippen molar-refractivity contribution in [1.82, 2.24) is 0 Å². The first kappa shape index (κ1) is 15.9. The lowest BCUT2D eigenvalue weighted by Gasteiger charge is -2.50. The molecule has 1 heterocycles. The molecule has 0 aromatic carbocycles. The Morgan fingerprint density at radius 3 is 2.06 bits per heavy atom. The molecule has 1 saturated heterocycles. The predicted molar refractivity (Wildman–Crippen MR) is 70.4 cm³/mol. The van der Waals surface area contributed by atoms with Crippen molar-refractivity contribution < 1.29 is 18.9 Å². The molecule has 1 atom stereocenters. The fourth-order valence-electron chi connectivity index (χ4n) is 2.81. The molecular formula is C14H28O4. The highest BCUT2D eigenvalue weighted by atomic mass is 16.9. The standard InChI is InChI=1S/C14H28O4/c1-5-10-13(15-6-2)11-9-12-18-14(13,16-7-3)17-8-4/h5-12H2,1-4H3. The molecule has 108 valence electrons. The van der Waals surface area contributed by atoms with Gasteiger partial charge in [0.15, 0.2) is 0 Å². The van der Waals surface area contributed by atoms with Crippen LogP contribution in [0, 0.1) is 0 Å². The first-order valence-electron chi connectivity index (χ1n) is 7.26. The highest BCUT2D eigenvalue weighted by Crippen LogP contribution is 2.43. The van der Waals surface area contributed by atoms with E-state index in [0.29, 0.717) is 26.4 Å². The van der Waals surface area contributed by atoms with Crippen LogP contribution in [0.5, 0.6) is 0 Å². The van der Waals surface area contributed by atoms with Crippen LogP contribution in [0.15, 0.2) is 0 Å². The molecule has 1 aliphatic rings. The van der Waals surface area contributed by atoms with Gasteiger partial charge in [0.1, 0.15) is 5.60 Å². The highest BCUT2D eigenvalue weighted by molar-refractivity contribution is 4.93. The van der Waals surface area contributed by atoms with Gasteiger partial charge in [0.25, 0.3) is 0 Å². The van der Waals surface area contributed by atoms with Crippen molar-refractivity contribution in [1.29, 1.82) is 0 Å². The van der Waals surface area contributed by atoms with Gasteiger partial charge in [-0.3, -0.25) is 0 Å². The lowest BCUT2D eigenvalue weighted by molar-refractivity contribution is -0.459. The van der Waals surface area contributed by atoms with Gasteiger partial charge in [-0.15, -0.1) is 0 Å². The summed E-state index contributed by atoms with van der Waals surface area (Å²) in [4.78, 5) is 0. The molecule has 0 aromatic heterocycles. The van der Waals surface area contributed by atoms with Crippen LogP contribution in [0.4, 0.5) is 0 Å². The van der Waals surface area contributed by atoms with E-state index in [1.165, 1.54) is 0 Å². The third kappa shape index (κ3) is 3.05. The fraction of sp³-hybridized carbons (Fsp3) is 1.00. The minimum atomic E-state index is -1.03. The number of hydrogen-bond donors (Lipinski definition) is 0. The van der Waals surface area contributed by atoms with E-state index in [1.54, 1.807) is 0 Å². The van der Waals surface area contributed by atoms with Gasteiger partial charge in [-0.05, 0) is 40.0 Å². The lowest BCUT2D eigenvalue weighted by Crippen LogP contribution is -2.63. The molecule has 1 fully saturated rings. The van der Waals surface area contributed by atoms with Crippen molar-refractivity contribution in [2.45, 2.75) is 65.0 Å². The minimum absolute atomic E-state index is 0.471. The molecule has 18 heavy (non-hydrogen) atoms. The number of rotatable bonds is 8. The maximum atomic E-state index is 6.06. The molecule has 4 nitrogen and oxygen atoms in total. The van der Waals surface area contributed by atoms with Gasteiger partial charge in [0.2, 0.25) is 0 Å². The van der Waals surface area contributed by atoms with Gasteiger partial charge in [-0.25, -0.2) is 0 Å². The van der Waals surface area contributed by atoms with Gasteiger partial charge in [0, 0.05) is 19.8 Å². The Hall–Kier alpha value is -0.160. The van der Waals surface area contributed by atoms with E-state index in [0.717, 1.165) is 25.7 Å². The third-order valence-corrected chi connectivity index (χ3v) is 3.32. The number of hydrogen-bond acceptors (Lipinski definition) is 4. The Labute approximate surface area is 111 Å². The maximum absolute atomic E-state index is 6.06. The fourth-order valence-corrected chi connectivity index (χ4v) is 2.81. The van der Waals surface area contributed by atoms with E-state index < -0.39 is 11.6 Å². The molecule has 1 rings (SSSR count). The molecule has 0 aromatic rings. The van der Waals surface area contributed by atoms with Gasteiger partial charge >= 0.3 is 5.97 Å². The van der Waals surface area contributed by atoms with Crippen molar-refractivity contribution in [3.05, 3.63) is 0 Å². The van der Waals surface area contributed by atoms with Crippen molar-refractivity contribution >= 4 is 0 Å². The lowest BCUT2D eigenvalue weighted by atomic mass is 9.87. The monoisotopic (exact) mass is 260 g/mol. The van der Waals surface area contributed by atoms with Crippen LogP contribution < -0.4 is 0 Å². The summed E-state index contributed by atoms with van der Waals surface area (Å²) >= 11 is 0. The average molecular weight is 260 g/mol. The minimum Gasteiger partial charge on any atom is -0.367 e. The Balaban J connectivity index is 3.02. The van der Waals surface area contributed by atoms with E-state index >= 15 is 0 Å². The molecular weight excluding hydrogens is 232 g/mol. The van der Waals surface area contributed by atoms with E-state index in [2.05, 4.69) is 6.92 Å². The van der Waals surface area contributed by atoms with E-state index in [9.17, 15) is 0 Å². The Kier molecular flexibility index (Phi) is 6.57. The summed E-state index contributed by atoms with van der Waals surface area (Å²) in [5.41, 5.74) is -0.471. The second kappa shape index (κ2) is 7.43. The zero-order valence-corrected chi connectivity index (χ0v) is 12.3. The summed E-state index contributed by atoms with van der Waals surface area (Å²) in [5.74, 6) is -1.03. The Morgan fingerprint density at radius 2 is 1.56 bits per heavy atom. The molecule has 0 amide bonds. The van der Waals surface area contributed by atoms with E-state index in [4.69, 9.17) is 18.9 Å². The molecule has 0 N–H and O–H groups in total. The summed E-state index contributed by atoms with van der Waals surface area (Å²) in [6.07, 6.45) is 3.82. The third-order valence-electron chi connectivity index (χ3n) is 3.32. The largest absolute Gasteiger partial charge is 0.367 e. The second-order valence-electron chi connectivity index (χ2n) is 4.55. The first-order valence-corrected chi connectivity index (χ1v) is 7.26. The van der Waals surface area contributed by atoms with Gasteiger partial charge in [0.05, 0.1) is 6.61 Å². The summed E-state index contributed by atoms with van der Waals surface area (Å²) in [6.45, 7) is 10.5. The van der Waals surface area contributed by atoms with Crippen LogP contribution >= 0.6 is 0 Å². The molecule has 0 aliphatic carbocycles.